The number of alkyl carbamates (subject to hydrolysis) is 1. The molecule has 0 aromatic carbocycles. The van der Waals surface area contributed by atoms with E-state index in [-0.39, 0.29) is 13.4 Å². The molecule has 1 saturated heterocycles. The normalized spacial score (nSPS) is 22.4. The SMILES string of the molecule is [B]c1cnc(C2(C)COC(=O)N2)c(OCOC)c1. The molecule has 1 amide bonds. The zero-order valence-corrected chi connectivity index (χ0v) is 10.2. The second kappa shape index (κ2) is 4.85. The van der Waals surface area contributed by atoms with E-state index in [9.17, 15) is 4.79 Å². The molecule has 1 aliphatic heterocycles. The van der Waals surface area contributed by atoms with Gasteiger partial charge in [-0.3, -0.25) is 4.98 Å². The van der Waals surface area contributed by atoms with E-state index in [2.05, 4.69) is 10.3 Å². The van der Waals surface area contributed by atoms with Gasteiger partial charge < -0.3 is 19.5 Å². The molecule has 7 heteroatoms. The summed E-state index contributed by atoms with van der Waals surface area (Å²) >= 11 is 0. The molecule has 6 nitrogen and oxygen atoms in total. The molecule has 2 rings (SSSR count). The second-order valence-corrected chi connectivity index (χ2v) is 4.20. The van der Waals surface area contributed by atoms with Gasteiger partial charge in [0.05, 0.1) is 0 Å². The van der Waals surface area contributed by atoms with Crippen molar-refractivity contribution in [3.63, 3.8) is 0 Å². The molecule has 0 spiro atoms. The van der Waals surface area contributed by atoms with Crippen molar-refractivity contribution >= 4 is 19.4 Å². The van der Waals surface area contributed by atoms with Crippen molar-refractivity contribution in [1.82, 2.24) is 10.3 Å². The highest BCUT2D eigenvalue weighted by atomic mass is 16.7. The lowest BCUT2D eigenvalue weighted by molar-refractivity contribution is 0.0489. The number of carbonyl (C=O) groups is 1. The number of aromatic nitrogens is 1. The van der Waals surface area contributed by atoms with Gasteiger partial charge in [-0.1, -0.05) is 5.46 Å². The van der Waals surface area contributed by atoms with Crippen molar-refractivity contribution < 1.29 is 19.0 Å². The summed E-state index contributed by atoms with van der Waals surface area (Å²) in [5.74, 6) is 0.463. The Morgan fingerprint density at radius 1 is 1.67 bits per heavy atom. The molecule has 0 aliphatic carbocycles. The van der Waals surface area contributed by atoms with Crippen LogP contribution in [0.5, 0.6) is 5.75 Å². The van der Waals surface area contributed by atoms with Crippen LogP contribution in [0.15, 0.2) is 12.3 Å². The Kier molecular flexibility index (Phi) is 3.42. The first kappa shape index (κ1) is 12.7. The number of rotatable bonds is 4. The summed E-state index contributed by atoms with van der Waals surface area (Å²) in [7, 11) is 7.18. The van der Waals surface area contributed by atoms with E-state index < -0.39 is 11.6 Å². The van der Waals surface area contributed by atoms with Gasteiger partial charge in [-0.05, 0) is 13.0 Å². The van der Waals surface area contributed by atoms with E-state index in [1.807, 2.05) is 0 Å². The third kappa shape index (κ3) is 2.40. The van der Waals surface area contributed by atoms with Crippen LogP contribution in [0.4, 0.5) is 4.79 Å². The highest BCUT2D eigenvalue weighted by Gasteiger charge is 2.40. The Balaban J connectivity index is 2.34. The maximum atomic E-state index is 11.2. The molecule has 2 radical (unpaired) electrons. The molecule has 1 aromatic heterocycles. The molecule has 1 atom stereocenters. The Hall–Kier alpha value is -1.76. The third-order valence-electron chi connectivity index (χ3n) is 2.60. The van der Waals surface area contributed by atoms with Crippen molar-refractivity contribution in [3.8, 4) is 5.75 Å². The van der Waals surface area contributed by atoms with Gasteiger partial charge in [-0.15, -0.1) is 0 Å². The number of methoxy groups -OCH3 is 1. The predicted molar refractivity (Wildman–Crippen MR) is 64.0 cm³/mol. The van der Waals surface area contributed by atoms with E-state index in [0.717, 1.165) is 0 Å². The Morgan fingerprint density at radius 3 is 3.06 bits per heavy atom. The summed E-state index contributed by atoms with van der Waals surface area (Å²) in [6, 6.07) is 1.64. The van der Waals surface area contributed by atoms with Crippen LogP contribution >= 0.6 is 0 Å². The summed E-state index contributed by atoms with van der Waals surface area (Å²) in [6.45, 7) is 2.06. The molecule has 1 aliphatic rings. The van der Waals surface area contributed by atoms with Crippen LogP contribution in [0, 0.1) is 0 Å². The van der Waals surface area contributed by atoms with Gasteiger partial charge in [0.15, 0.2) is 6.79 Å². The van der Waals surface area contributed by atoms with Crippen molar-refractivity contribution in [1.29, 1.82) is 0 Å². The van der Waals surface area contributed by atoms with Crippen LogP contribution in [0.2, 0.25) is 0 Å². The number of ether oxygens (including phenoxy) is 3. The minimum absolute atomic E-state index is 0.0724. The van der Waals surface area contributed by atoms with Gasteiger partial charge in [0.1, 0.15) is 31.4 Å². The number of nitrogens with one attached hydrogen (secondary N) is 1. The van der Waals surface area contributed by atoms with Crippen LogP contribution in [-0.2, 0) is 15.0 Å². The minimum Gasteiger partial charge on any atom is -0.466 e. The monoisotopic (exact) mass is 248 g/mol. The van der Waals surface area contributed by atoms with Crippen molar-refractivity contribution in [2.75, 3.05) is 20.5 Å². The van der Waals surface area contributed by atoms with Crippen LogP contribution < -0.4 is 15.5 Å². The molecular weight excluding hydrogens is 235 g/mol. The molecular formula is C11H13BN2O4. The van der Waals surface area contributed by atoms with E-state index >= 15 is 0 Å². The predicted octanol–water partition coefficient (Wildman–Crippen LogP) is -0.187. The van der Waals surface area contributed by atoms with Gasteiger partial charge in [0.25, 0.3) is 0 Å². The second-order valence-electron chi connectivity index (χ2n) is 4.20. The van der Waals surface area contributed by atoms with E-state index in [1.165, 1.54) is 13.3 Å². The van der Waals surface area contributed by atoms with Crippen LogP contribution in [-0.4, -0.2) is 39.4 Å². The van der Waals surface area contributed by atoms with Crippen LogP contribution in [0.1, 0.15) is 12.6 Å². The van der Waals surface area contributed by atoms with Gasteiger partial charge in [0, 0.05) is 13.3 Å². The maximum Gasteiger partial charge on any atom is 0.408 e. The number of hydrogen-bond donors (Lipinski definition) is 1. The number of carbonyl (C=O) groups excluding carboxylic acids is 1. The number of pyridine rings is 1. The van der Waals surface area contributed by atoms with E-state index in [1.54, 1.807) is 13.0 Å². The lowest BCUT2D eigenvalue weighted by atomic mass is 9.93. The average Bonchev–Trinajstić information content (AvgIpc) is 2.67. The summed E-state index contributed by atoms with van der Waals surface area (Å²) < 4.78 is 15.2. The fourth-order valence-corrected chi connectivity index (χ4v) is 1.74. The first-order valence-electron chi connectivity index (χ1n) is 5.38. The van der Waals surface area contributed by atoms with Crippen LogP contribution in [0.3, 0.4) is 0 Å². The average molecular weight is 248 g/mol. The number of cyclic esters (lactones) is 1. The number of nitrogens with zero attached hydrogens (tertiary/aromatic N) is 1. The van der Waals surface area contributed by atoms with Crippen molar-refractivity contribution in [2.45, 2.75) is 12.5 Å². The smallest absolute Gasteiger partial charge is 0.408 e. The first-order valence-corrected chi connectivity index (χ1v) is 5.38. The number of amides is 1. The van der Waals surface area contributed by atoms with Gasteiger partial charge in [0.2, 0.25) is 0 Å². The highest BCUT2D eigenvalue weighted by molar-refractivity contribution is 6.32. The molecule has 0 saturated carbocycles. The summed E-state index contributed by atoms with van der Waals surface area (Å²) in [5, 5.41) is 2.70. The fourth-order valence-electron chi connectivity index (χ4n) is 1.74. The van der Waals surface area contributed by atoms with Gasteiger partial charge >= 0.3 is 6.09 Å². The van der Waals surface area contributed by atoms with Gasteiger partial charge in [-0.25, -0.2) is 4.79 Å². The zero-order valence-electron chi connectivity index (χ0n) is 10.2. The highest BCUT2D eigenvalue weighted by Crippen LogP contribution is 2.30. The molecule has 18 heavy (non-hydrogen) atoms. The quantitative estimate of drug-likeness (QED) is 0.591. The third-order valence-corrected chi connectivity index (χ3v) is 2.60. The van der Waals surface area contributed by atoms with Crippen LogP contribution in [0.25, 0.3) is 0 Å². The Bertz CT molecular complexity index is 468. The molecule has 2 heterocycles. The molecule has 0 bridgehead atoms. The Labute approximate surface area is 106 Å². The van der Waals surface area contributed by atoms with Crippen molar-refractivity contribution in [3.05, 3.63) is 18.0 Å². The molecule has 1 fully saturated rings. The zero-order chi connectivity index (χ0) is 13.2. The minimum atomic E-state index is -0.728. The van der Waals surface area contributed by atoms with Crippen molar-refractivity contribution in [2.24, 2.45) is 0 Å². The topological polar surface area (TPSA) is 69.7 Å². The lowest BCUT2D eigenvalue weighted by Gasteiger charge is -2.23. The standard InChI is InChI=1S/C11H13BN2O4/c1-11(5-17-10(15)14-11)9-8(18-6-16-2)3-7(12)4-13-9/h3-4H,5-6H2,1-2H3,(H,14,15). The number of hydrogen-bond acceptors (Lipinski definition) is 5. The lowest BCUT2D eigenvalue weighted by Crippen LogP contribution is -2.39. The van der Waals surface area contributed by atoms with E-state index in [4.69, 9.17) is 22.1 Å². The van der Waals surface area contributed by atoms with Gasteiger partial charge in [-0.2, -0.15) is 0 Å². The molecule has 94 valence electrons. The summed E-state index contributed by atoms with van der Waals surface area (Å²) in [4.78, 5) is 15.4. The largest absolute Gasteiger partial charge is 0.466 e. The molecule has 1 aromatic rings. The molecule has 1 N–H and O–H groups in total. The van der Waals surface area contributed by atoms with E-state index in [0.29, 0.717) is 16.9 Å². The Morgan fingerprint density at radius 2 is 2.44 bits per heavy atom. The molecule has 1 unspecified atom stereocenters. The maximum absolute atomic E-state index is 11.2. The summed E-state index contributed by atoms with van der Waals surface area (Å²) in [5.41, 5.74) is 0.298. The fraction of sp³-hybridized carbons (Fsp3) is 0.455. The summed E-state index contributed by atoms with van der Waals surface area (Å²) in [6.07, 6.45) is 1.03. The first-order chi connectivity index (χ1) is 8.55.